The minimum absolute atomic E-state index is 0.0334. The Morgan fingerprint density at radius 3 is 2.61 bits per heavy atom. The molecule has 0 aliphatic carbocycles. The van der Waals surface area contributed by atoms with Crippen molar-refractivity contribution < 1.29 is 18.0 Å². The predicted molar refractivity (Wildman–Crippen MR) is 59.2 cm³/mol. The normalized spacial score (nSPS) is 20.7. The van der Waals surface area contributed by atoms with E-state index in [2.05, 4.69) is 4.98 Å². The first-order valence-corrected chi connectivity index (χ1v) is 5.38. The second-order valence-electron chi connectivity index (χ2n) is 4.25. The van der Waals surface area contributed by atoms with Gasteiger partial charge in [-0.1, -0.05) is 0 Å². The van der Waals surface area contributed by atoms with Crippen LogP contribution in [0.4, 0.5) is 23.8 Å². The maximum Gasteiger partial charge on any atom is 0.416 e. The van der Waals surface area contributed by atoms with Crippen molar-refractivity contribution in [2.45, 2.75) is 19.1 Å². The van der Waals surface area contributed by atoms with E-state index in [0.717, 1.165) is 18.3 Å². The Balaban J connectivity index is 2.33. The minimum Gasteiger partial charge on any atom is -0.323 e. The fourth-order valence-electron chi connectivity index (χ4n) is 1.78. The number of carbonyl (C=O) groups is 1. The number of amides is 2. The monoisotopic (exact) mass is 259 g/mol. The summed E-state index contributed by atoms with van der Waals surface area (Å²) in [6.07, 6.45) is -3.37. The number of halogens is 3. The topological polar surface area (TPSA) is 36.4 Å². The van der Waals surface area contributed by atoms with Crippen LogP contribution in [-0.4, -0.2) is 35.5 Å². The molecular formula is C11H12F3N3O. The summed E-state index contributed by atoms with van der Waals surface area (Å²) in [5, 5.41) is 0. The lowest BCUT2D eigenvalue weighted by molar-refractivity contribution is -0.137. The van der Waals surface area contributed by atoms with Crippen molar-refractivity contribution >= 4 is 11.8 Å². The maximum atomic E-state index is 12.6. The summed E-state index contributed by atoms with van der Waals surface area (Å²) in [5.74, 6) is 0.0334. The molecule has 1 aromatic rings. The van der Waals surface area contributed by atoms with Crippen molar-refractivity contribution in [2.24, 2.45) is 0 Å². The van der Waals surface area contributed by atoms with Crippen molar-refractivity contribution in [3.8, 4) is 0 Å². The number of aromatic nitrogens is 1. The Hall–Kier alpha value is -1.79. The molecule has 18 heavy (non-hydrogen) atoms. The van der Waals surface area contributed by atoms with Gasteiger partial charge in [0, 0.05) is 25.8 Å². The first kappa shape index (κ1) is 12.7. The van der Waals surface area contributed by atoms with Gasteiger partial charge in [-0.05, 0) is 19.1 Å². The van der Waals surface area contributed by atoms with E-state index in [1.165, 1.54) is 9.80 Å². The van der Waals surface area contributed by atoms with Gasteiger partial charge in [0.1, 0.15) is 5.82 Å². The fraction of sp³-hybridized carbons (Fsp3) is 0.455. The summed E-state index contributed by atoms with van der Waals surface area (Å²) in [4.78, 5) is 18.4. The third-order valence-electron chi connectivity index (χ3n) is 2.99. The highest BCUT2D eigenvalue weighted by atomic mass is 19.4. The Morgan fingerprint density at radius 1 is 1.44 bits per heavy atom. The standard InChI is InChI=1S/C11H12F3N3O/c1-7-6-17(10(18)16(7)2)9-5-8(3-4-15-9)11(12,13)14/h3-5,7H,6H2,1-2H3/t7-/m0/s1. The average Bonchev–Trinajstić information content (AvgIpc) is 2.56. The summed E-state index contributed by atoms with van der Waals surface area (Å²) in [6.45, 7) is 2.16. The summed E-state index contributed by atoms with van der Waals surface area (Å²) in [7, 11) is 1.61. The summed E-state index contributed by atoms with van der Waals surface area (Å²) in [5.41, 5.74) is -0.803. The van der Waals surface area contributed by atoms with Crippen LogP contribution in [0.1, 0.15) is 12.5 Å². The number of likely N-dealkylation sites (N-methyl/N-ethyl adjacent to an activating group) is 1. The highest BCUT2D eigenvalue weighted by Crippen LogP contribution is 2.31. The molecule has 0 unspecified atom stereocenters. The van der Waals surface area contributed by atoms with Gasteiger partial charge in [-0.25, -0.2) is 9.78 Å². The first-order valence-electron chi connectivity index (χ1n) is 5.38. The van der Waals surface area contributed by atoms with E-state index in [4.69, 9.17) is 0 Å². The molecule has 7 heteroatoms. The number of rotatable bonds is 1. The Bertz CT molecular complexity index is 475. The van der Waals surface area contributed by atoms with E-state index < -0.39 is 11.7 Å². The molecule has 1 fully saturated rings. The van der Waals surface area contributed by atoms with Gasteiger partial charge >= 0.3 is 12.2 Å². The summed E-state index contributed by atoms with van der Waals surface area (Å²) >= 11 is 0. The van der Waals surface area contributed by atoms with E-state index in [1.54, 1.807) is 7.05 Å². The Morgan fingerprint density at radius 2 is 2.11 bits per heavy atom. The summed E-state index contributed by atoms with van der Waals surface area (Å²) < 4.78 is 37.7. The van der Waals surface area contributed by atoms with Gasteiger partial charge in [-0.2, -0.15) is 13.2 Å². The van der Waals surface area contributed by atoms with Crippen molar-refractivity contribution in [3.63, 3.8) is 0 Å². The Kier molecular flexibility index (Phi) is 2.92. The van der Waals surface area contributed by atoms with E-state index in [0.29, 0.717) is 6.54 Å². The van der Waals surface area contributed by atoms with Crippen LogP contribution in [0.3, 0.4) is 0 Å². The lowest BCUT2D eigenvalue weighted by Gasteiger charge is -2.16. The zero-order valence-electron chi connectivity index (χ0n) is 9.90. The van der Waals surface area contributed by atoms with Gasteiger partial charge in [0.25, 0.3) is 0 Å². The zero-order valence-corrected chi connectivity index (χ0v) is 9.90. The lowest BCUT2D eigenvalue weighted by atomic mass is 10.2. The predicted octanol–water partition coefficient (Wildman–Crippen LogP) is 2.36. The maximum absolute atomic E-state index is 12.6. The molecule has 4 nitrogen and oxygen atoms in total. The molecule has 0 bridgehead atoms. The molecule has 98 valence electrons. The molecule has 2 amide bonds. The van der Waals surface area contributed by atoms with Crippen LogP contribution in [0, 0.1) is 0 Å². The first-order chi connectivity index (χ1) is 8.30. The zero-order chi connectivity index (χ0) is 13.5. The molecule has 2 heterocycles. The second-order valence-corrected chi connectivity index (χ2v) is 4.25. The highest BCUT2D eigenvalue weighted by Gasteiger charge is 2.36. The molecule has 0 radical (unpaired) electrons. The van der Waals surface area contributed by atoms with Gasteiger partial charge in [0.2, 0.25) is 0 Å². The molecule has 1 saturated heterocycles. The molecule has 1 atom stereocenters. The molecule has 0 N–H and O–H groups in total. The molecular weight excluding hydrogens is 247 g/mol. The number of anilines is 1. The molecule has 0 aromatic carbocycles. The van der Waals surface area contributed by atoms with Crippen molar-refractivity contribution in [2.75, 3.05) is 18.5 Å². The van der Waals surface area contributed by atoms with E-state index in [-0.39, 0.29) is 17.9 Å². The number of pyridine rings is 1. The Labute approximate surface area is 102 Å². The smallest absolute Gasteiger partial charge is 0.323 e. The van der Waals surface area contributed by atoms with E-state index in [9.17, 15) is 18.0 Å². The molecule has 1 aliphatic rings. The second kappa shape index (κ2) is 4.15. The van der Waals surface area contributed by atoms with E-state index >= 15 is 0 Å². The van der Waals surface area contributed by atoms with Gasteiger partial charge in [-0.3, -0.25) is 4.90 Å². The van der Waals surface area contributed by atoms with Crippen LogP contribution in [0.25, 0.3) is 0 Å². The fourth-order valence-corrected chi connectivity index (χ4v) is 1.78. The van der Waals surface area contributed by atoms with Crippen molar-refractivity contribution in [3.05, 3.63) is 23.9 Å². The third kappa shape index (κ3) is 2.12. The number of carbonyl (C=O) groups excluding carboxylic acids is 1. The lowest BCUT2D eigenvalue weighted by Crippen LogP contribution is -2.30. The van der Waals surface area contributed by atoms with Crippen LogP contribution in [0.15, 0.2) is 18.3 Å². The molecule has 2 rings (SSSR count). The third-order valence-corrected chi connectivity index (χ3v) is 2.99. The highest BCUT2D eigenvalue weighted by molar-refractivity contribution is 5.93. The number of alkyl halides is 3. The average molecular weight is 259 g/mol. The van der Waals surface area contributed by atoms with Gasteiger partial charge in [0.05, 0.1) is 5.56 Å². The van der Waals surface area contributed by atoms with E-state index in [1.807, 2.05) is 6.92 Å². The van der Waals surface area contributed by atoms with Gasteiger partial charge in [0.15, 0.2) is 0 Å². The number of urea groups is 1. The van der Waals surface area contributed by atoms with Crippen molar-refractivity contribution in [1.29, 1.82) is 0 Å². The van der Waals surface area contributed by atoms with Crippen LogP contribution in [0.2, 0.25) is 0 Å². The number of hydrogen-bond acceptors (Lipinski definition) is 2. The molecule has 0 spiro atoms. The van der Waals surface area contributed by atoms with Crippen LogP contribution >= 0.6 is 0 Å². The van der Waals surface area contributed by atoms with Crippen LogP contribution in [0.5, 0.6) is 0 Å². The largest absolute Gasteiger partial charge is 0.416 e. The van der Waals surface area contributed by atoms with Crippen LogP contribution in [-0.2, 0) is 6.18 Å². The van der Waals surface area contributed by atoms with Crippen molar-refractivity contribution in [1.82, 2.24) is 9.88 Å². The van der Waals surface area contributed by atoms with Crippen LogP contribution < -0.4 is 4.90 Å². The summed E-state index contributed by atoms with van der Waals surface area (Å²) in [6, 6.07) is 1.39. The quantitative estimate of drug-likeness (QED) is 0.776. The van der Waals surface area contributed by atoms with Gasteiger partial charge in [-0.15, -0.1) is 0 Å². The SMILES string of the molecule is C[C@H]1CN(c2cc(C(F)(F)F)ccn2)C(=O)N1C. The number of nitrogens with zero attached hydrogens (tertiary/aromatic N) is 3. The molecule has 0 saturated carbocycles. The minimum atomic E-state index is -4.43. The molecule has 1 aromatic heterocycles. The molecule has 1 aliphatic heterocycles. The number of hydrogen-bond donors (Lipinski definition) is 0. The van der Waals surface area contributed by atoms with Gasteiger partial charge < -0.3 is 4.90 Å².